The van der Waals surface area contributed by atoms with E-state index in [9.17, 15) is 29.8 Å². The highest BCUT2D eigenvalue weighted by Crippen LogP contribution is 2.37. The van der Waals surface area contributed by atoms with Gasteiger partial charge in [0.25, 0.3) is 11.4 Å². The zero-order valence-electron chi connectivity index (χ0n) is 21.2. The third-order valence-corrected chi connectivity index (χ3v) is 5.39. The van der Waals surface area contributed by atoms with Crippen LogP contribution in [0.2, 0.25) is 10.0 Å². The lowest BCUT2D eigenvalue weighted by atomic mass is 10.1. The number of nitro benzene ring substituents is 2. The van der Waals surface area contributed by atoms with Gasteiger partial charge < -0.3 is 18.9 Å². The molecule has 12 nitrogen and oxygen atoms in total. The van der Waals surface area contributed by atoms with Gasteiger partial charge in [0, 0.05) is 18.1 Å². The number of esters is 2. The van der Waals surface area contributed by atoms with Gasteiger partial charge in [0.1, 0.15) is 17.1 Å². The summed E-state index contributed by atoms with van der Waals surface area (Å²) in [5.41, 5.74) is -2.14. The molecule has 0 saturated heterocycles. The minimum absolute atomic E-state index is 0.0651. The fourth-order valence-corrected chi connectivity index (χ4v) is 3.41. The number of hydrogen-bond acceptors (Lipinski definition) is 10. The van der Waals surface area contributed by atoms with E-state index >= 15 is 0 Å². The van der Waals surface area contributed by atoms with E-state index in [-0.39, 0.29) is 52.5 Å². The van der Waals surface area contributed by atoms with Crippen molar-refractivity contribution >= 4 is 46.5 Å². The largest absolute Gasteiger partial charge is 0.491 e. The fourth-order valence-electron chi connectivity index (χ4n) is 2.94. The molecule has 2 aromatic rings. The predicted molar refractivity (Wildman–Crippen MR) is 137 cm³/mol. The highest BCUT2D eigenvalue weighted by atomic mass is 35.5. The van der Waals surface area contributed by atoms with E-state index in [0.29, 0.717) is 0 Å². The van der Waals surface area contributed by atoms with Crippen molar-refractivity contribution in [3.05, 3.63) is 65.7 Å². The Kier molecular flexibility index (Phi) is 10.3. The second-order valence-electron chi connectivity index (χ2n) is 9.08. The van der Waals surface area contributed by atoms with Crippen molar-refractivity contribution in [3.8, 4) is 11.5 Å². The maximum atomic E-state index is 12.5. The average molecular weight is 573 g/mol. The summed E-state index contributed by atoms with van der Waals surface area (Å²) in [5, 5.41) is 22.2. The van der Waals surface area contributed by atoms with Crippen molar-refractivity contribution < 1.29 is 38.4 Å². The zero-order chi connectivity index (χ0) is 28.8. The lowest BCUT2D eigenvalue weighted by Gasteiger charge is -2.20. The monoisotopic (exact) mass is 572 g/mol. The lowest BCUT2D eigenvalue weighted by Crippen LogP contribution is -2.24. The molecule has 2 rings (SSSR count). The van der Waals surface area contributed by atoms with E-state index in [0.717, 1.165) is 12.1 Å². The van der Waals surface area contributed by atoms with Crippen LogP contribution in [0.4, 0.5) is 11.4 Å². The first kappa shape index (κ1) is 30.6. The molecule has 0 aliphatic rings. The third kappa shape index (κ3) is 8.18. The van der Waals surface area contributed by atoms with Gasteiger partial charge in [0.2, 0.25) is 0 Å². The standard InChI is InChI=1S/C24H26Cl2N2O10/c1-6-35-22(29)14-7-16(27(31)32)20(25)18(9-14)36-11-13(2)12-37-19-10-15(23(30)38-24(3,4)5)8-17(21(19)26)28(33)34/h7-10,13H,6,11-12H2,1-5H3/t13-/m1/s1. The zero-order valence-corrected chi connectivity index (χ0v) is 22.8. The van der Waals surface area contributed by atoms with Gasteiger partial charge in [-0.3, -0.25) is 20.2 Å². The summed E-state index contributed by atoms with van der Waals surface area (Å²) in [6, 6.07) is 4.46. The Hall–Kier alpha value is -3.64. The molecule has 0 heterocycles. The molecule has 206 valence electrons. The van der Waals surface area contributed by atoms with E-state index < -0.39 is 44.7 Å². The van der Waals surface area contributed by atoms with Crippen LogP contribution >= 0.6 is 23.2 Å². The first-order valence-corrected chi connectivity index (χ1v) is 12.0. The first-order chi connectivity index (χ1) is 17.6. The molecule has 14 heteroatoms. The second-order valence-corrected chi connectivity index (χ2v) is 9.83. The molecular weight excluding hydrogens is 547 g/mol. The van der Waals surface area contributed by atoms with E-state index in [1.807, 2.05) is 0 Å². The summed E-state index contributed by atoms with van der Waals surface area (Å²) in [5.74, 6) is -2.22. The summed E-state index contributed by atoms with van der Waals surface area (Å²) >= 11 is 12.2. The Balaban J connectivity index is 2.21. The van der Waals surface area contributed by atoms with E-state index in [1.165, 1.54) is 12.1 Å². The Morgan fingerprint density at radius 1 is 0.868 bits per heavy atom. The number of carbonyl (C=O) groups excluding carboxylic acids is 2. The molecular formula is C24H26Cl2N2O10. The van der Waals surface area contributed by atoms with Crippen LogP contribution in [0.1, 0.15) is 55.3 Å². The third-order valence-electron chi connectivity index (χ3n) is 4.63. The van der Waals surface area contributed by atoms with Gasteiger partial charge in [-0.15, -0.1) is 0 Å². The summed E-state index contributed by atoms with van der Waals surface area (Å²) < 4.78 is 21.4. The minimum atomic E-state index is -0.834. The smallest absolute Gasteiger partial charge is 0.339 e. The molecule has 1 atom stereocenters. The Labute approximate surface area is 228 Å². The van der Waals surface area contributed by atoms with Crippen molar-refractivity contribution in [1.82, 2.24) is 0 Å². The van der Waals surface area contributed by atoms with Crippen LogP contribution in [-0.2, 0) is 9.47 Å². The summed E-state index contributed by atoms with van der Waals surface area (Å²) in [7, 11) is 0. The maximum absolute atomic E-state index is 12.5. The van der Waals surface area contributed by atoms with Crippen LogP contribution in [-0.4, -0.2) is 47.2 Å². The molecule has 0 aliphatic carbocycles. The molecule has 0 spiro atoms. The average Bonchev–Trinajstić information content (AvgIpc) is 2.81. The molecule has 38 heavy (non-hydrogen) atoms. The highest BCUT2D eigenvalue weighted by Gasteiger charge is 2.26. The molecule has 0 aromatic heterocycles. The van der Waals surface area contributed by atoms with Gasteiger partial charge in [-0.05, 0) is 39.8 Å². The van der Waals surface area contributed by atoms with Crippen LogP contribution in [0, 0.1) is 26.1 Å². The quantitative estimate of drug-likeness (QED) is 0.176. The molecule has 0 aliphatic heterocycles. The Morgan fingerprint density at radius 2 is 1.29 bits per heavy atom. The maximum Gasteiger partial charge on any atom is 0.339 e. The first-order valence-electron chi connectivity index (χ1n) is 11.3. The topological polar surface area (TPSA) is 157 Å². The minimum Gasteiger partial charge on any atom is -0.491 e. The summed E-state index contributed by atoms with van der Waals surface area (Å²) in [4.78, 5) is 45.9. The molecule has 0 fully saturated rings. The van der Waals surface area contributed by atoms with E-state index in [2.05, 4.69) is 0 Å². The second kappa shape index (κ2) is 12.7. The van der Waals surface area contributed by atoms with Crippen molar-refractivity contribution in [2.24, 2.45) is 5.92 Å². The number of rotatable bonds is 11. The van der Waals surface area contributed by atoms with Gasteiger partial charge in [-0.1, -0.05) is 30.1 Å². The van der Waals surface area contributed by atoms with Crippen LogP contribution in [0.5, 0.6) is 11.5 Å². The van der Waals surface area contributed by atoms with Crippen LogP contribution < -0.4 is 9.47 Å². The Bertz CT molecular complexity index is 1240. The number of ether oxygens (including phenoxy) is 4. The van der Waals surface area contributed by atoms with E-state index in [4.69, 9.17) is 42.1 Å². The lowest BCUT2D eigenvalue weighted by molar-refractivity contribution is -0.384. The molecule has 0 N–H and O–H groups in total. The van der Waals surface area contributed by atoms with Gasteiger partial charge in [-0.25, -0.2) is 9.59 Å². The molecule has 0 unspecified atom stereocenters. The van der Waals surface area contributed by atoms with Crippen LogP contribution in [0.15, 0.2) is 24.3 Å². The van der Waals surface area contributed by atoms with Crippen molar-refractivity contribution in [1.29, 1.82) is 0 Å². The number of halogens is 2. The molecule has 0 amide bonds. The molecule has 0 bridgehead atoms. The van der Waals surface area contributed by atoms with Crippen LogP contribution in [0.25, 0.3) is 0 Å². The normalized spacial score (nSPS) is 11.9. The number of nitro groups is 2. The SMILES string of the molecule is CCOC(=O)c1cc(OC[C@@H](C)COc2cc(C(=O)OC(C)(C)C)cc([N+](=O)[O-])c2Cl)c(Cl)c([N+](=O)[O-])c1. The highest BCUT2D eigenvalue weighted by molar-refractivity contribution is 6.34. The number of benzene rings is 2. The van der Waals surface area contributed by atoms with Crippen molar-refractivity contribution in [2.75, 3.05) is 19.8 Å². The summed E-state index contributed by atoms with van der Waals surface area (Å²) in [6.45, 7) is 8.14. The van der Waals surface area contributed by atoms with Gasteiger partial charge in [0.15, 0.2) is 10.0 Å². The Morgan fingerprint density at radius 3 is 1.66 bits per heavy atom. The van der Waals surface area contributed by atoms with Gasteiger partial charge >= 0.3 is 11.9 Å². The molecule has 0 saturated carbocycles. The number of carbonyl (C=O) groups is 2. The number of hydrogen-bond donors (Lipinski definition) is 0. The predicted octanol–water partition coefficient (Wildman–Crippen LogP) is 6.04. The number of nitrogens with zero attached hydrogens (tertiary/aromatic N) is 2. The van der Waals surface area contributed by atoms with Crippen molar-refractivity contribution in [3.63, 3.8) is 0 Å². The van der Waals surface area contributed by atoms with Gasteiger partial charge in [0.05, 0.1) is 40.8 Å². The van der Waals surface area contributed by atoms with Gasteiger partial charge in [-0.2, -0.15) is 0 Å². The van der Waals surface area contributed by atoms with Crippen molar-refractivity contribution in [2.45, 2.75) is 40.2 Å². The van der Waals surface area contributed by atoms with E-state index in [1.54, 1.807) is 34.6 Å². The molecule has 0 radical (unpaired) electrons. The summed E-state index contributed by atoms with van der Waals surface area (Å²) in [6.07, 6.45) is 0. The van der Waals surface area contributed by atoms with Crippen LogP contribution in [0.3, 0.4) is 0 Å². The molecule has 2 aromatic carbocycles. The fraction of sp³-hybridized carbons (Fsp3) is 0.417.